The van der Waals surface area contributed by atoms with Gasteiger partial charge in [-0.2, -0.15) is 0 Å². The van der Waals surface area contributed by atoms with Gasteiger partial charge in [-0.15, -0.1) is 0 Å². The van der Waals surface area contributed by atoms with Crippen LogP contribution in [0.5, 0.6) is 0 Å². The van der Waals surface area contributed by atoms with Crippen LogP contribution in [0.2, 0.25) is 5.02 Å². The first-order valence-corrected chi connectivity index (χ1v) is 7.15. The lowest BCUT2D eigenvalue weighted by Crippen LogP contribution is -2.54. The predicted molar refractivity (Wildman–Crippen MR) is 78.1 cm³/mol. The lowest BCUT2D eigenvalue weighted by atomic mass is 10.0. The second kappa shape index (κ2) is 7.22. The summed E-state index contributed by atoms with van der Waals surface area (Å²) in [7, 11) is 0. The maximum atomic E-state index is 6.01. The Balaban J connectivity index is 1.99. The summed E-state index contributed by atoms with van der Waals surface area (Å²) in [6.07, 6.45) is 0.942. The first-order valence-electron chi connectivity index (χ1n) is 6.77. The topological polar surface area (TPSA) is 50.5 Å². The minimum absolute atomic E-state index is 0.104. The zero-order valence-electron chi connectivity index (χ0n) is 11.3. The van der Waals surface area contributed by atoms with Gasteiger partial charge in [0.2, 0.25) is 0 Å². The van der Waals surface area contributed by atoms with Crippen molar-refractivity contribution in [2.45, 2.75) is 25.5 Å². The summed E-state index contributed by atoms with van der Waals surface area (Å²) in [6.45, 7) is 5.91. The molecule has 2 atom stereocenters. The van der Waals surface area contributed by atoms with Gasteiger partial charge < -0.3 is 4.74 Å². The molecule has 1 aliphatic rings. The maximum absolute atomic E-state index is 6.01. The number of morpholine rings is 1. The second-order valence-corrected chi connectivity index (χ2v) is 5.35. The highest BCUT2D eigenvalue weighted by Crippen LogP contribution is 2.16. The van der Waals surface area contributed by atoms with E-state index in [-0.39, 0.29) is 12.1 Å². The number of rotatable bonds is 5. The van der Waals surface area contributed by atoms with Gasteiger partial charge in [0, 0.05) is 18.1 Å². The van der Waals surface area contributed by atoms with Crippen molar-refractivity contribution in [3.63, 3.8) is 0 Å². The smallest absolute Gasteiger partial charge is 0.0871 e. The fraction of sp³-hybridized carbons (Fsp3) is 0.571. The van der Waals surface area contributed by atoms with Crippen molar-refractivity contribution >= 4 is 11.6 Å². The molecule has 0 spiro atoms. The number of hydrogen-bond donors (Lipinski definition) is 2. The number of benzene rings is 1. The minimum atomic E-state index is 0.104. The molecule has 1 saturated heterocycles. The van der Waals surface area contributed by atoms with E-state index in [0.29, 0.717) is 0 Å². The Morgan fingerprint density at radius 3 is 3.11 bits per heavy atom. The average Bonchev–Trinajstić information content (AvgIpc) is 2.45. The van der Waals surface area contributed by atoms with Gasteiger partial charge >= 0.3 is 0 Å². The Kier molecular flexibility index (Phi) is 5.60. The van der Waals surface area contributed by atoms with Crippen molar-refractivity contribution < 1.29 is 4.74 Å². The van der Waals surface area contributed by atoms with Crippen LogP contribution in [0.1, 0.15) is 12.5 Å². The SMILES string of the molecule is CCN1CCOC(C(Cc2cccc(Cl)c2)NN)C1. The van der Waals surface area contributed by atoms with Crippen LogP contribution >= 0.6 is 11.6 Å². The van der Waals surface area contributed by atoms with E-state index in [9.17, 15) is 0 Å². The summed E-state index contributed by atoms with van der Waals surface area (Å²) in [6, 6.07) is 7.99. The first-order chi connectivity index (χ1) is 9.22. The van der Waals surface area contributed by atoms with E-state index in [1.165, 1.54) is 5.56 Å². The highest BCUT2D eigenvalue weighted by Gasteiger charge is 2.27. The molecular formula is C14H22ClN3O. The third kappa shape index (κ3) is 4.16. The maximum Gasteiger partial charge on any atom is 0.0871 e. The molecule has 0 aromatic heterocycles. The monoisotopic (exact) mass is 283 g/mol. The molecule has 1 fully saturated rings. The van der Waals surface area contributed by atoms with Gasteiger partial charge in [-0.25, -0.2) is 0 Å². The molecule has 0 amide bonds. The lowest BCUT2D eigenvalue weighted by Gasteiger charge is -2.36. The fourth-order valence-corrected chi connectivity index (χ4v) is 2.69. The molecule has 0 radical (unpaired) electrons. The quantitative estimate of drug-likeness (QED) is 0.634. The van der Waals surface area contributed by atoms with Crippen LogP contribution in [0.3, 0.4) is 0 Å². The van der Waals surface area contributed by atoms with Crippen molar-refractivity contribution in [2.75, 3.05) is 26.2 Å². The number of nitrogens with one attached hydrogen (secondary N) is 1. The zero-order valence-corrected chi connectivity index (χ0v) is 12.1. The normalized spacial score (nSPS) is 22.4. The number of ether oxygens (including phenoxy) is 1. The van der Waals surface area contributed by atoms with Gasteiger partial charge in [-0.1, -0.05) is 30.7 Å². The Bertz CT molecular complexity index is 402. The molecule has 1 aliphatic heterocycles. The summed E-state index contributed by atoms with van der Waals surface area (Å²) in [4.78, 5) is 2.39. The molecule has 106 valence electrons. The van der Waals surface area contributed by atoms with Crippen molar-refractivity contribution in [1.29, 1.82) is 0 Å². The standard InChI is InChI=1S/C14H22ClN3O/c1-2-18-6-7-19-14(10-18)13(17-16)9-11-4-3-5-12(15)8-11/h3-5,8,13-14,17H,2,6-7,9-10,16H2,1H3. The van der Waals surface area contributed by atoms with E-state index < -0.39 is 0 Å². The molecular weight excluding hydrogens is 262 g/mol. The van der Waals surface area contributed by atoms with Crippen LogP contribution in [0.15, 0.2) is 24.3 Å². The van der Waals surface area contributed by atoms with Crippen molar-refractivity contribution in [3.05, 3.63) is 34.9 Å². The summed E-state index contributed by atoms with van der Waals surface area (Å²) < 4.78 is 5.85. The van der Waals surface area contributed by atoms with Gasteiger partial charge in [0.05, 0.1) is 18.8 Å². The number of nitrogens with two attached hydrogens (primary N) is 1. The van der Waals surface area contributed by atoms with Crippen LogP contribution in [-0.4, -0.2) is 43.3 Å². The summed E-state index contributed by atoms with van der Waals surface area (Å²) >= 11 is 6.01. The number of hydrazine groups is 1. The van der Waals surface area contributed by atoms with Gasteiger partial charge in [0.1, 0.15) is 0 Å². The van der Waals surface area contributed by atoms with Crippen LogP contribution in [0, 0.1) is 0 Å². The molecule has 5 heteroatoms. The summed E-state index contributed by atoms with van der Waals surface area (Å²) in [5, 5.41) is 0.757. The largest absolute Gasteiger partial charge is 0.374 e. The molecule has 3 N–H and O–H groups in total. The molecule has 0 bridgehead atoms. The molecule has 1 aromatic rings. The second-order valence-electron chi connectivity index (χ2n) is 4.91. The Hall–Kier alpha value is -0.650. The van der Waals surface area contributed by atoms with Gasteiger partial charge in [-0.3, -0.25) is 16.2 Å². The van der Waals surface area contributed by atoms with E-state index in [1.807, 2.05) is 18.2 Å². The van der Waals surface area contributed by atoms with Gasteiger partial charge in [0.25, 0.3) is 0 Å². The van der Waals surface area contributed by atoms with Gasteiger partial charge in [0.15, 0.2) is 0 Å². The highest BCUT2D eigenvalue weighted by molar-refractivity contribution is 6.30. The summed E-state index contributed by atoms with van der Waals surface area (Å²) in [5.74, 6) is 5.69. The van der Waals surface area contributed by atoms with E-state index in [0.717, 1.165) is 37.7 Å². The predicted octanol–water partition coefficient (Wildman–Crippen LogP) is 1.44. The highest BCUT2D eigenvalue weighted by atomic mass is 35.5. The molecule has 1 heterocycles. The van der Waals surface area contributed by atoms with E-state index >= 15 is 0 Å². The molecule has 0 aliphatic carbocycles. The molecule has 2 rings (SSSR count). The number of nitrogens with zero attached hydrogens (tertiary/aromatic N) is 1. The van der Waals surface area contributed by atoms with Gasteiger partial charge in [-0.05, 0) is 30.7 Å². The lowest BCUT2D eigenvalue weighted by molar-refractivity contribution is -0.0447. The van der Waals surface area contributed by atoms with Crippen LogP contribution in [0.4, 0.5) is 0 Å². The zero-order chi connectivity index (χ0) is 13.7. The van der Waals surface area contributed by atoms with Crippen LogP contribution < -0.4 is 11.3 Å². The third-order valence-corrected chi connectivity index (χ3v) is 3.87. The first kappa shape index (κ1) is 14.8. The Labute approximate surface area is 119 Å². The number of halogens is 1. The number of likely N-dealkylation sites (N-methyl/N-ethyl adjacent to an activating group) is 1. The summed E-state index contributed by atoms with van der Waals surface area (Å²) in [5.41, 5.74) is 4.06. The van der Waals surface area contributed by atoms with Crippen molar-refractivity contribution in [2.24, 2.45) is 5.84 Å². The molecule has 4 nitrogen and oxygen atoms in total. The fourth-order valence-electron chi connectivity index (χ4n) is 2.48. The molecule has 1 aromatic carbocycles. The Morgan fingerprint density at radius 1 is 1.58 bits per heavy atom. The molecule has 0 saturated carbocycles. The molecule has 2 unspecified atom stereocenters. The Morgan fingerprint density at radius 2 is 2.42 bits per heavy atom. The van der Waals surface area contributed by atoms with E-state index in [4.69, 9.17) is 22.2 Å². The van der Waals surface area contributed by atoms with Crippen molar-refractivity contribution in [3.8, 4) is 0 Å². The average molecular weight is 284 g/mol. The van der Waals surface area contributed by atoms with E-state index in [1.54, 1.807) is 0 Å². The van der Waals surface area contributed by atoms with Crippen LogP contribution in [-0.2, 0) is 11.2 Å². The van der Waals surface area contributed by atoms with E-state index in [2.05, 4.69) is 23.3 Å². The minimum Gasteiger partial charge on any atom is -0.374 e. The van der Waals surface area contributed by atoms with Crippen LogP contribution in [0.25, 0.3) is 0 Å². The van der Waals surface area contributed by atoms with Crippen molar-refractivity contribution in [1.82, 2.24) is 10.3 Å². The third-order valence-electron chi connectivity index (χ3n) is 3.63. The number of hydrogen-bond acceptors (Lipinski definition) is 4. The molecule has 19 heavy (non-hydrogen) atoms.